The van der Waals surface area contributed by atoms with Crippen LogP contribution >= 0.6 is 11.8 Å². The predicted octanol–water partition coefficient (Wildman–Crippen LogP) is 3.86. The molecule has 0 N–H and O–H groups in total. The van der Waals surface area contributed by atoms with Gasteiger partial charge in [0.05, 0.1) is 11.7 Å². The molecule has 5 rings (SSSR count). The van der Waals surface area contributed by atoms with E-state index < -0.39 is 0 Å². The minimum atomic E-state index is 0.00330. The monoisotopic (exact) mass is 361 g/mol. The Kier molecular flexibility index (Phi) is 3.78. The van der Waals surface area contributed by atoms with Gasteiger partial charge in [-0.2, -0.15) is 0 Å². The molecule has 26 heavy (non-hydrogen) atoms. The molecule has 0 aliphatic carbocycles. The standard InChI is InChI=1S/C20H19N5S/c1-14-13-25-19(16-8-6-12-24(16)17-9-3-5-11-22-17)18(23-20(25)26-14)15-7-2-4-10-21-15/h2-12,14,18-19H,13H2,1H3/t14-,18-,19-/m1/s1. The van der Waals surface area contributed by atoms with Crippen molar-refractivity contribution >= 4 is 16.9 Å². The third-order valence-electron chi connectivity index (χ3n) is 4.86. The zero-order chi connectivity index (χ0) is 17.5. The first-order valence-electron chi connectivity index (χ1n) is 8.82. The molecule has 0 radical (unpaired) electrons. The van der Waals surface area contributed by atoms with Gasteiger partial charge in [0.2, 0.25) is 0 Å². The van der Waals surface area contributed by atoms with Crippen molar-refractivity contribution in [3.8, 4) is 5.82 Å². The molecule has 3 aromatic rings. The highest BCUT2D eigenvalue weighted by molar-refractivity contribution is 8.14. The zero-order valence-corrected chi connectivity index (χ0v) is 15.3. The van der Waals surface area contributed by atoms with Crippen molar-refractivity contribution in [1.82, 2.24) is 19.4 Å². The summed E-state index contributed by atoms with van der Waals surface area (Å²) < 4.78 is 2.17. The number of thioether (sulfide) groups is 1. The van der Waals surface area contributed by atoms with Crippen LogP contribution in [-0.4, -0.2) is 36.4 Å². The topological polar surface area (TPSA) is 46.3 Å². The van der Waals surface area contributed by atoms with Crippen LogP contribution in [0.2, 0.25) is 0 Å². The Bertz CT molecular complexity index is 937. The first kappa shape index (κ1) is 15.6. The van der Waals surface area contributed by atoms with Gasteiger partial charge in [-0.1, -0.05) is 30.8 Å². The summed E-state index contributed by atoms with van der Waals surface area (Å²) in [6.45, 7) is 3.26. The summed E-state index contributed by atoms with van der Waals surface area (Å²) in [5.41, 5.74) is 2.22. The molecule has 3 atom stereocenters. The summed E-state index contributed by atoms with van der Waals surface area (Å²) in [4.78, 5) is 16.6. The average Bonchev–Trinajstić information content (AvgIpc) is 3.37. The van der Waals surface area contributed by atoms with E-state index in [-0.39, 0.29) is 12.1 Å². The molecule has 0 amide bonds. The van der Waals surface area contributed by atoms with E-state index in [9.17, 15) is 0 Å². The molecule has 2 aliphatic heterocycles. The third kappa shape index (κ3) is 2.52. The van der Waals surface area contributed by atoms with Crippen LogP contribution in [0.4, 0.5) is 0 Å². The van der Waals surface area contributed by atoms with Gasteiger partial charge in [0.15, 0.2) is 5.17 Å². The molecule has 5 nitrogen and oxygen atoms in total. The highest BCUT2D eigenvalue weighted by atomic mass is 32.2. The molecule has 5 heterocycles. The fourth-order valence-corrected chi connectivity index (χ4v) is 4.87. The molecule has 1 fully saturated rings. The van der Waals surface area contributed by atoms with E-state index in [0.717, 1.165) is 23.2 Å². The van der Waals surface area contributed by atoms with E-state index in [1.807, 2.05) is 54.5 Å². The molecule has 0 aromatic carbocycles. The normalized spacial score (nSPS) is 24.6. The van der Waals surface area contributed by atoms with Crippen LogP contribution in [0.25, 0.3) is 5.82 Å². The van der Waals surface area contributed by atoms with Crippen molar-refractivity contribution < 1.29 is 0 Å². The Hall–Kier alpha value is -2.60. The smallest absolute Gasteiger partial charge is 0.160 e. The third-order valence-corrected chi connectivity index (χ3v) is 5.96. The highest BCUT2D eigenvalue weighted by Crippen LogP contribution is 2.47. The molecular weight excluding hydrogens is 342 g/mol. The number of fused-ring (bicyclic) bond motifs is 1. The Labute approximate surface area is 156 Å². The summed E-state index contributed by atoms with van der Waals surface area (Å²) in [6.07, 6.45) is 5.76. The van der Waals surface area contributed by atoms with Gasteiger partial charge in [-0.15, -0.1) is 0 Å². The summed E-state index contributed by atoms with van der Waals surface area (Å²) in [7, 11) is 0. The van der Waals surface area contributed by atoms with Gasteiger partial charge in [0.25, 0.3) is 0 Å². The largest absolute Gasteiger partial charge is 0.339 e. The molecular formula is C20H19N5S. The zero-order valence-electron chi connectivity index (χ0n) is 14.4. The molecule has 0 unspecified atom stereocenters. The SMILES string of the molecule is C[C@@H]1CN2C(=N[C@H](c3ccccn3)[C@H]2c2cccn2-c2ccccn2)S1. The van der Waals surface area contributed by atoms with E-state index >= 15 is 0 Å². The van der Waals surface area contributed by atoms with Gasteiger partial charge in [-0.3, -0.25) is 9.98 Å². The van der Waals surface area contributed by atoms with Crippen LogP contribution in [0.1, 0.15) is 30.4 Å². The lowest BCUT2D eigenvalue weighted by atomic mass is 10.0. The fraction of sp³-hybridized carbons (Fsp3) is 0.250. The van der Waals surface area contributed by atoms with Crippen molar-refractivity contribution in [3.63, 3.8) is 0 Å². The molecule has 0 spiro atoms. The van der Waals surface area contributed by atoms with E-state index in [1.165, 1.54) is 5.69 Å². The highest BCUT2D eigenvalue weighted by Gasteiger charge is 2.44. The molecule has 2 aliphatic rings. The molecule has 1 saturated heterocycles. The van der Waals surface area contributed by atoms with Crippen molar-refractivity contribution in [2.75, 3.05) is 6.54 Å². The average molecular weight is 361 g/mol. The quantitative estimate of drug-likeness (QED) is 0.711. The number of hydrogen-bond donors (Lipinski definition) is 0. The maximum Gasteiger partial charge on any atom is 0.160 e. The molecule has 3 aromatic heterocycles. The molecule has 6 heteroatoms. The maximum atomic E-state index is 5.05. The minimum absolute atomic E-state index is 0.00330. The first-order chi connectivity index (χ1) is 12.8. The van der Waals surface area contributed by atoms with Crippen LogP contribution in [0, 0.1) is 0 Å². The Morgan fingerprint density at radius 1 is 1.00 bits per heavy atom. The van der Waals surface area contributed by atoms with Crippen LogP contribution in [0.15, 0.2) is 72.1 Å². The maximum absolute atomic E-state index is 5.05. The predicted molar refractivity (Wildman–Crippen MR) is 104 cm³/mol. The van der Waals surface area contributed by atoms with Crippen molar-refractivity contribution in [2.45, 2.75) is 24.3 Å². The molecule has 130 valence electrons. The summed E-state index contributed by atoms with van der Waals surface area (Å²) in [5.74, 6) is 0.931. The number of aromatic nitrogens is 3. The van der Waals surface area contributed by atoms with E-state index in [2.05, 4.69) is 50.8 Å². The van der Waals surface area contributed by atoms with Crippen LogP contribution in [0.5, 0.6) is 0 Å². The van der Waals surface area contributed by atoms with Crippen LogP contribution in [0.3, 0.4) is 0 Å². The van der Waals surface area contributed by atoms with Gasteiger partial charge >= 0.3 is 0 Å². The number of hydrogen-bond acceptors (Lipinski definition) is 5. The lowest BCUT2D eigenvalue weighted by molar-refractivity contribution is 0.312. The summed E-state index contributed by atoms with van der Waals surface area (Å²) in [5, 5.41) is 1.69. The fourth-order valence-electron chi connectivity index (χ4n) is 3.78. The van der Waals surface area contributed by atoms with Gasteiger partial charge in [-0.05, 0) is 36.4 Å². The van der Waals surface area contributed by atoms with Crippen LogP contribution < -0.4 is 0 Å². The first-order valence-corrected chi connectivity index (χ1v) is 9.70. The Morgan fingerprint density at radius 3 is 2.62 bits per heavy atom. The summed E-state index contributed by atoms with van der Waals surface area (Å²) in [6, 6.07) is 16.5. The lowest BCUT2D eigenvalue weighted by Crippen LogP contribution is -2.30. The van der Waals surface area contributed by atoms with Gasteiger partial charge in [0, 0.05) is 36.1 Å². The second-order valence-electron chi connectivity index (χ2n) is 6.63. The van der Waals surface area contributed by atoms with E-state index in [4.69, 9.17) is 4.99 Å². The van der Waals surface area contributed by atoms with Crippen LogP contribution in [-0.2, 0) is 0 Å². The molecule has 0 saturated carbocycles. The van der Waals surface area contributed by atoms with Crippen molar-refractivity contribution in [1.29, 1.82) is 0 Å². The second-order valence-corrected chi connectivity index (χ2v) is 8.03. The van der Waals surface area contributed by atoms with Gasteiger partial charge in [-0.25, -0.2) is 4.98 Å². The van der Waals surface area contributed by atoms with Gasteiger partial charge < -0.3 is 9.47 Å². The Morgan fingerprint density at radius 2 is 1.85 bits per heavy atom. The lowest BCUT2D eigenvalue weighted by Gasteiger charge is -2.28. The van der Waals surface area contributed by atoms with Crippen molar-refractivity contribution in [3.05, 3.63) is 78.5 Å². The summed E-state index contributed by atoms with van der Waals surface area (Å²) >= 11 is 1.86. The van der Waals surface area contributed by atoms with Gasteiger partial charge in [0.1, 0.15) is 11.9 Å². The number of aliphatic imine (C=N–C) groups is 1. The number of nitrogens with zero attached hydrogens (tertiary/aromatic N) is 5. The number of rotatable bonds is 3. The number of pyridine rings is 2. The number of amidine groups is 1. The second kappa shape index (κ2) is 6.29. The molecule has 0 bridgehead atoms. The van der Waals surface area contributed by atoms with E-state index in [0.29, 0.717) is 5.25 Å². The Balaban J connectivity index is 1.62. The van der Waals surface area contributed by atoms with E-state index in [1.54, 1.807) is 0 Å². The minimum Gasteiger partial charge on any atom is -0.339 e. The van der Waals surface area contributed by atoms with Crippen molar-refractivity contribution in [2.24, 2.45) is 4.99 Å².